The van der Waals surface area contributed by atoms with Crippen LogP contribution in [0.5, 0.6) is 11.5 Å². The van der Waals surface area contributed by atoms with Gasteiger partial charge in [0, 0.05) is 0 Å². The number of rotatable bonds is 5. The van der Waals surface area contributed by atoms with Crippen LogP contribution in [0.25, 0.3) is 11.1 Å². The summed E-state index contributed by atoms with van der Waals surface area (Å²) in [6.45, 7) is 21.9. The first-order valence-electron chi connectivity index (χ1n) is 9.38. The average molecular weight is 387 g/mol. The molecule has 0 unspecified atom stereocenters. The quantitative estimate of drug-likeness (QED) is 0.514. The minimum atomic E-state index is -1.62. The van der Waals surface area contributed by atoms with Gasteiger partial charge in [-0.2, -0.15) is 0 Å². The first-order valence-corrected chi connectivity index (χ1v) is 16.2. The smallest absolute Gasteiger partial charge is 0.242 e. The lowest BCUT2D eigenvalue weighted by molar-refractivity contribution is 0.547. The molecule has 0 aliphatic rings. The van der Waals surface area contributed by atoms with Crippen molar-refractivity contribution in [3.63, 3.8) is 0 Å². The Morgan fingerprint density at radius 1 is 0.500 bits per heavy atom. The molecule has 0 spiro atoms. The molecule has 2 aromatic carbocycles. The summed E-state index contributed by atoms with van der Waals surface area (Å²) in [6.07, 6.45) is 0. The van der Waals surface area contributed by atoms with Crippen molar-refractivity contribution in [2.24, 2.45) is 0 Å². The molecule has 0 saturated heterocycles. The van der Waals surface area contributed by atoms with Crippen LogP contribution in [0.15, 0.2) is 24.3 Å². The summed E-state index contributed by atoms with van der Waals surface area (Å²) < 4.78 is 12.6. The van der Waals surface area contributed by atoms with Gasteiger partial charge in [0.25, 0.3) is 0 Å². The minimum Gasteiger partial charge on any atom is -0.544 e. The zero-order valence-corrected chi connectivity index (χ0v) is 20.1. The van der Waals surface area contributed by atoms with Crippen LogP contribution >= 0.6 is 0 Å². The van der Waals surface area contributed by atoms with E-state index >= 15 is 0 Å². The normalized spacial score (nSPS) is 12.2. The average Bonchev–Trinajstić information content (AvgIpc) is 2.44. The molecule has 0 aliphatic heterocycles. The van der Waals surface area contributed by atoms with Gasteiger partial charge in [-0.3, -0.25) is 0 Å². The van der Waals surface area contributed by atoms with E-state index < -0.39 is 16.6 Å². The molecular formula is C22H34O2Si2. The topological polar surface area (TPSA) is 18.5 Å². The molecule has 0 aromatic heterocycles. The summed E-state index contributed by atoms with van der Waals surface area (Å²) in [6, 6.07) is 8.98. The van der Waals surface area contributed by atoms with Crippen LogP contribution < -0.4 is 8.85 Å². The fourth-order valence-electron chi connectivity index (χ4n) is 3.17. The Hall–Kier alpha value is -1.53. The lowest BCUT2D eigenvalue weighted by Gasteiger charge is -2.24. The minimum absolute atomic E-state index is 1.06. The first kappa shape index (κ1) is 20.8. The number of hydrogen-bond donors (Lipinski definition) is 0. The second kappa shape index (κ2) is 7.24. The monoisotopic (exact) mass is 386 g/mol. The van der Waals surface area contributed by atoms with Crippen LogP contribution in [0.3, 0.4) is 0 Å². The van der Waals surface area contributed by atoms with Crippen molar-refractivity contribution >= 4 is 16.6 Å². The third kappa shape index (κ3) is 5.24. The maximum Gasteiger partial charge on any atom is 0.242 e. The maximum absolute atomic E-state index is 6.30. The van der Waals surface area contributed by atoms with Crippen LogP contribution in [0.4, 0.5) is 0 Å². The first-order chi connectivity index (χ1) is 11.8. The Morgan fingerprint density at radius 2 is 0.731 bits per heavy atom. The molecule has 2 rings (SSSR count). The molecule has 142 valence electrons. The van der Waals surface area contributed by atoms with E-state index in [0.717, 1.165) is 11.5 Å². The molecule has 0 heterocycles. The molecule has 0 bridgehead atoms. The van der Waals surface area contributed by atoms with Gasteiger partial charge in [-0.05, 0) is 125 Å². The molecule has 0 N–H and O–H groups in total. The van der Waals surface area contributed by atoms with Crippen molar-refractivity contribution in [2.45, 2.75) is 67.0 Å². The van der Waals surface area contributed by atoms with Gasteiger partial charge in [0.1, 0.15) is 11.5 Å². The van der Waals surface area contributed by atoms with Crippen molar-refractivity contribution in [3.05, 3.63) is 46.5 Å². The largest absolute Gasteiger partial charge is 0.544 e. The number of aryl methyl sites for hydroxylation is 4. The van der Waals surface area contributed by atoms with Crippen molar-refractivity contribution in [2.75, 3.05) is 0 Å². The third-order valence-corrected chi connectivity index (χ3v) is 5.70. The molecule has 0 fully saturated rings. The van der Waals surface area contributed by atoms with E-state index in [1.54, 1.807) is 0 Å². The van der Waals surface area contributed by atoms with Gasteiger partial charge in [-0.25, -0.2) is 0 Å². The van der Waals surface area contributed by atoms with Crippen molar-refractivity contribution in [3.8, 4) is 22.6 Å². The zero-order chi connectivity index (χ0) is 19.9. The van der Waals surface area contributed by atoms with E-state index in [-0.39, 0.29) is 0 Å². The third-order valence-electron chi connectivity index (χ3n) is 4.07. The molecule has 2 nitrogen and oxygen atoms in total. The second-order valence-corrected chi connectivity index (χ2v) is 18.2. The molecule has 2 aromatic rings. The maximum atomic E-state index is 6.30. The molecule has 0 radical (unpaired) electrons. The van der Waals surface area contributed by atoms with Gasteiger partial charge >= 0.3 is 0 Å². The summed E-state index contributed by atoms with van der Waals surface area (Å²) in [5.74, 6) is 2.11. The van der Waals surface area contributed by atoms with E-state index in [1.165, 1.54) is 33.4 Å². The summed E-state index contributed by atoms with van der Waals surface area (Å²) in [4.78, 5) is 0. The van der Waals surface area contributed by atoms with E-state index in [4.69, 9.17) is 8.85 Å². The SMILES string of the molecule is Cc1cc(-c2cc(C)c(O[Si](C)(C)C)c(C)c2)cc(C)c1O[Si](C)(C)C. The predicted molar refractivity (Wildman–Crippen MR) is 119 cm³/mol. The zero-order valence-electron chi connectivity index (χ0n) is 18.1. The molecule has 26 heavy (non-hydrogen) atoms. The van der Waals surface area contributed by atoms with Crippen molar-refractivity contribution < 1.29 is 8.85 Å². The van der Waals surface area contributed by atoms with Gasteiger partial charge < -0.3 is 8.85 Å². The summed E-state index contributed by atoms with van der Waals surface area (Å²) in [5.41, 5.74) is 7.32. The fraction of sp³-hybridized carbons (Fsp3) is 0.455. The van der Waals surface area contributed by atoms with Gasteiger partial charge in [0.05, 0.1) is 0 Å². The Morgan fingerprint density at radius 3 is 0.923 bits per heavy atom. The Labute approximate surface area is 161 Å². The molecule has 0 aliphatic carbocycles. The van der Waals surface area contributed by atoms with Crippen LogP contribution in [0, 0.1) is 27.7 Å². The van der Waals surface area contributed by atoms with Gasteiger partial charge in [0.2, 0.25) is 16.6 Å². The Kier molecular flexibility index (Phi) is 5.78. The lowest BCUT2D eigenvalue weighted by Crippen LogP contribution is -2.30. The Balaban J connectivity index is 2.46. The highest BCUT2D eigenvalue weighted by Gasteiger charge is 2.21. The van der Waals surface area contributed by atoms with E-state index in [9.17, 15) is 0 Å². The van der Waals surface area contributed by atoms with Gasteiger partial charge in [0.15, 0.2) is 0 Å². The summed E-state index contributed by atoms with van der Waals surface area (Å²) in [7, 11) is -3.24. The summed E-state index contributed by atoms with van der Waals surface area (Å²) >= 11 is 0. The fourth-order valence-corrected chi connectivity index (χ4v) is 5.04. The standard InChI is InChI=1S/C22H34O2Si2/c1-15-11-19(12-16(2)21(15)23-25(5,6)7)20-13-17(3)22(18(4)14-20)24-26(8,9)10/h11-14H,1-10H3. The van der Waals surface area contributed by atoms with E-state index in [2.05, 4.69) is 91.2 Å². The van der Waals surface area contributed by atoms with E-state index in [0.29, 0.717) is 0 Å². The second-order valence-electron chi connectivity index (χ2n) is 9.31. The number of benzene rings is 2. The highest BCUT2D eigenvalue weighted by molar-refractivity contribution is 6.70. The van der Waals surface area contributed by atoms with Gasteiger partial charge in [-0.1, -0.05) is 0 Å². The number of hydrogen-bond acceptors (Lipinski definition) is 2. The van der Waals surface area contributed by atoms with Crippen molar-refractivity contribution in [1.82, 2.24) is 0 Å². The van der Waals surface area contributed by atoms with Crippen LogP contribution in [-0.2, 0) is 0 Å². The van der Waals surface area contributed by atoms with Crippen molar-refractivity contribution in [1.29, 1.82) is 0 Å². The summed E-state index contributed by atoms with van der Waals surface area (Å²) in [5, 5.41) is 0. The molecular weight excluding hydrogens is 352 g/mol. The Bertz CT molecular complexity index is 696. The molecule has 0 saturated carbocycles. The molecule has 0 atom stereocenters. The molecule has 0 amide bonds. The van der Waals surface area contributed by atoms with Crippen LogP contribution in [-0.4, -0.2) is 16.6 Å². The van der Waals surface area contributed by atoms with Gasteiger partial charge in [-0.15, -0.1) is 0 Å². The highest BCUT2D eigenvalue weighted by atomic mass is 28.4. The molecule has 4 heteroatoms. The van der Waals surface area contributed by atoms with Crippen LogP contribution in [0.2, 0.25) is 39.3 Å². The lowest BCUT2D eigenvalue weighted by atomic mass is 9.96. The predicted octanol–water partition coefficient (Wildman–Crippen LogP) is 7.01. The van der Waals surface area contributed by atoms with Crippen LogP contribution in [0.1, 0.15) is 22.3 Å². The highest BCUT2D eigenvalue weighted by Crippen LogP contribution is 2.35. The van der Waals surface area contributed by atoms with E-state index in [1.807, 2.05) is 0 Å².